The quantitative estimate of drug-likeness (QED) is 0.732. The van der Waals surface area contributed by atoms with Crippen LogP contribution in [0.2, 0.25) is 0 Å². The van der Waals surface area contributed by atoms with Gasteiger partial charge in [0.2, 0.25) is 11.8 Å². The van der Waals surface area contributed by atoms with Gasteiger partial charge in [0.1, 0.15) is 0 Å². The highest BCUT2D eigenvalue weighted by molar-refractivity contribution is 5.78. The Morgan fingerprint density at radius 1 is 0.720 bits per heavy atom. The Bertz CT molecular complexity index is 432. The zero-order valence-corrected chi connectivity index (χ0v) is 17.5. The van der Waals surface area contributed by atoms with Gasteiger partial charge in [-0.2, -0.15) is 0 Å². The molecule has 0 aromatic rings. The molecule has 0 N–H and O–H groups in total. The molecule has 2 aliphatic heterocycles. The second-order valence-electron chi connectivity index (χ2n) is 9.94. The van der Waals surface area contributed by atoms with Crippen molar-refractivity contribution in [2.75, 3.05) is 26.2 Å². The Balaban J connectivity index is 0.000000251. The van der Waals surface area contributed by atoms with Crippen LogP contribution in [0.4, 0.5) is 0 Å². The van der Waals surface area contributed by atoms with E-state index in [1.54, 1.807) is 0 Å². The summed E-state index contributed by atoms with van der Waals surface area (Å²) in [5.74, 6) is 0.702. The van der Waals surface area contributed by atoms with Crippen molar-refractivity contribution >= 4 is 11.8 Å². The first kappa shape index (κ1) is 22.0. The van der Waals surface area contributed by atoms with Crippen molar-refractivity contribution in [3.63, 3.8) is 0 Å². The van der Waals surface area contributed by atoms with Crippen LogP contribution in [0.5, 0.6) is 0 Å². The summed E-state index contributed by atoms with van der Waals surface area (Å²) in [4.78, 5) is 26.5. The van der Waals surface area contributed by atoms with E-state index in [1.807, 2.05) is 9.80 Å². The first-order chi connectivity index (χ1) is 11.5. The van der Waals surface area contributed by atoms with Gasteiger partial charge in [-0.15, -0.1) is 0 Å². The van der Waals surface area contributed by atoms with Crippen molar-refractivity contribution in [1.29, 1.82) is 0 Å². The van der Waals surface area contributed by atoms with Crippen LogP contribution in [-0.4, -0.2) is 47.8 Å². The first-order valence-corrected chi connectivity index (χ1v) is 10.0. The molecule has 0 saturated carbocycles. The fraction of sp³-hybridized carbons (Fsp3) is 0.905. The number of hydrogen-bond donors (Lipinski definition) is 0. The van der Waals surface area contributed by atoms with Crippen molar-refractivity contribution in [1.82, 2.24) is 9.80 Å². The van der Waals surface area contributed by atoms with Crippen molar-refractivity contribution in [2.45, 2.75) is 86.5 Å². The lowest BCUT2D eigenvalue weighted by Crippen LogP contribution is -2.28. The van der Waals surface area contributed by atoms with E-state index in [2.05, 4.69) is 41.5 Å². The number of hydrogen-bond acceptors (Lipinski definition) is 2. The van der Waals surface area contributed by atoms with E-state index in [-0.39, 0.29) is 0 Å². The SMILES string of the molecule is CC(C)(C)CCCN1CCCC1=O.CC(C)(C)CCN1CCCC1=O. The van der Waals surface area contributed by atoms with Gasteiger partial charge in [-0.1, -0.05) is 41.5 Å². The lowest BCUT2D eigenvalue weighted by Gasteiger charge is -2.22. The Morgan fingerprint density at radius 3 is 1.52 bits per heavy atom. The maximum absolute atomic E-state index is 11.3. The van der Waals surface area contributed by atoms with Crippen LogP contribution in [-0.2, 0) is 9.59 Å². The largest absolute Gasteiger partial charge is 0.343 e. The standard InChI is InChI=1S/C11H21NO.C10H19NO/c1-11(2,3)7-5-9-12-8-4-6-10(12)13;1-10(2,3)6-8-11-7-4-5-9(11)12/h4-9H2,1-3H3;4-8H2,1-3H3. The highest BCUT2D eigenvalue weighted by Crippen LogP contribution is 2.22. The van der Waals surface area contributed by atoms with Crippen LogP contribution >= 0.6 is 0 Å². The summed E-state index contributed by atoms with van der Waals surface area (Å²) in [7, 11) is 0. The molecule has 0 aromatic carbocycles. The predicted octanol–water partition coefficient (Wildman–Crippen LogP) is 4.48. The highest BCUT2D eigenvalue weighted by Gasteiger charge is 2.22. The average Bonchev–Trinajstić information content (AvgIpc) is 3.04. The summed E-state index contributed by atoms with van der Waals surface area (Å²) in [5, 5.41) is 0. The van der Waals surface area contributed by atoms with Gasteiger partial charge in [0.15, 0.2) is 0 Å². The summed E-state index contributed by atoms with van der Waals surface area (Å²) >= 11 is 0. The Kier molecular flexibility index (Phi) is 8.43. The van der Waals surface area contributed by atoms with E-state index >= 15 is 0 Å². The van der Waals surface area contributed by atoms with Crippen LogP contribution in [0.3, 0.4) is 0 Å². The van der Waals surface area contributed by atoms with Crippen LogP contribution < -0.4 is 0 Å². The topological polar surface area (TPSA) is 40.6 Å². The molecule has 0 atom stereocenters. The van der Waals surface area contributed by atoms with E-state index in [0.717, 1.165) is 64.7 Å². The molecule has 0 spiro atoms. The summed E-state index contributed by atoms with van der Waals surface area (Å²) < 4.78 is 0. The molecule has 0 unspecified atom stereocenters. The second-order valence-corrected chi connectivity index (χ2v) is 9.94. The maximum atomic E-state index is 11.3. The van der Waals surface area contributed by atoms with Crippen molar-refractivity contribution < 1.29 is 9.59 Å². The fourth-order valence-corrected chi connectivity index (χ4v) is 3.15. The van der Waals surface area contributed by atoms with Gasteiger partial charge in [0.05, 0.1) is 0 Å². The molecule has 25 heavy (non-hydrogen) atoms. The zero-order chi connectivity index (χ0) is 19.1. The smallest absolute Gasteiger partial charge is 0.222 e. The molecular formula is C21H40N2O2. The van der Waals surface area contributed by atoms with E-state index < -0.39 is 0 Å². The molecule has 0 aliphatic carbocycles. The van der Waals surface area contributed by atoms with Crippen LogP contribution in [0.15, 0.2) is 0 Å². The lowest BCUT2D eigenvalue weighted by atomic mass is 9.90. The minimum Gasteiger partial charge on any atom is -0.343 e. The number of carbonyl (C=O) groups is 2. The Hall–Kier alpha value is -1.06. The van der Waals surface area contributed by atoms with Gasteiger partial charge < -0.3 is 9.80 Å². The third kappa shape index (κ3) is 9.86. The predicted molar refractivity (Wildman–Crippen MR) is 104 cm³/mol. The van der Waals surface area contributed by atoms with Crippen LogP contribution in [0.25, 0.3) is 0 Å². The third-order valence-electron chi connectivity index (χ3n) is 4.83. The van der Waals surface area contributed by atoms with Gasteiger partial charge in [-0.25, -0.2) is 0 Å². The number of carbonyl (C=O) groups excluding carboxylic acids is 2. The maximum Gasteiger partial charge on any atom is 0.222 e. The normalized spacial score (nSPS) is 18.6. The van der Waals surface area contributed by atoms with Crippen LogP contribution in [0, 0.1) is 10.8 Å². The first-order valence-electron chi connectivity index (χ1n) is 10.0. The van der Waals surface area contributed by atoms with Crippen LogP contribution in [0.1, 0.15) is 86.5 Å². The number of amides is 2. The van der Waals surface area contributed by atoms with Crippen molar-refractivity contribution in [3.8, 4) is 0 Å². The molecule has 2 rings (SSSR count). The van der Waals surface area contributed by atoms with Gasteiger partial charge in [0, 0.05) is 39.0 Å². The van der Waals surface area contributed by atoms with Gasteiger partial charge >= 0.3 is 0 Å². The zero-order valence-electron chi connectivity index (χ0n) is 17.5. The average molecular weight is 353 g/mol. The third-order valence-corrected chi connectivity index (χ3v) is 4.83. The van der Waals surface area contributed by atoms with Gasteiger partial charge in [-0.3, -0.25) is 9.59 Å². The summed E-state index contributed by atoms with van der Waals surface area (Å²) in [6.07, 6.45) is 7.13. The molecular weight excluding hydrogens is 312 g/mol. The molecule has 2 aliphatic rings. The molecule has 4 nitrogen and oxygen atoms in total. The van der Waals surface area contributed by atoms with Gasteiger partial charge in [-0.05, 0) is 42.9 Å². The summed E-state index contributed by atoms with van der Waals surface area (Å²) in [6.45, 7) is 17.3. The van der Waals surface area contributed by atoms with E-state index in [0.29, 0.717) is 22.6 Å². The molecule has 2 saturated heterocycles. The number of nitrogens with zero attached hydrogens (tertiary/aromatic N) is 2. The molecule has 0 bridgehead atoms. The molecule has 146 valence electrons. The summed E-state index contributed by atoms with van der Waals surface area (Å²) in [6, 6.07) is 0. The molecule has 4 heteroatoms. The van der Waals surface area contributed by atoms with Gasteiger partial charge in [0.25, 0.3) is 0 Å². The van der Waals surface area contributed by atoms with Crippen molar-refractivity contribution in [3.05, 3.63) is 0 Å². The molecule has 2 fully saturated rings. The van der Waals surface area contributed by atoms with E-state index in [4.69, 9.17) is 0 Å². The molecule has 2 amide bonds. The molecule has 0 radical (unpaired) electrons. The minimum absolute atomic E-state index is 0.347. The highest BCUT2D eigenvalue weighted by atomic mass is 16.2. The molecule has 0 aromatic heterocycles. The Morgan fingerprint density at radius 2 is 1.16 bits per heavy atom. The Labute approximate surface area is 155 Å². The van der Waals surface area contributed by atoms with E-state index in [9.17, 15) is 9.59 Å². The monoisotopic (exact) mass is 352 g/mol. The number of rotatable bonds is 5. The summed E-state index contributed by atoms with van der Waals surface area (Å²) in [5.41, 5.74) is 0.756. The minimum atomic E-state index is 0.347. The van der Waals surface area contributed by atoms with Crippen molar-refractivity contribution in [2.24, 2.45) is 10.8 Å². The molecule has 2 heterocycles. The van der Waals surface area contributed by atoms with E-state index in [1.165, 1.54) is 6.42 Å². The second kappa shape index (κ2) is 9.59. The fourth-order valence-electron chi connectivity index (χ4n) is 3.15. The number of likely N-dealkylation sites (tertiary alicyclic amines) is 2. The lowest BCUT2D eigenvalue weighted by molar-refractivity contribution is -0.128.